The average Bonchev–Trinajstić information content (AvgIpc) is 2.82. The Morgan fingerprint density at radius 3 is 2.78 bits per heavy atom. The fourth-order valence-electron chi connectivity index (χ4n) is 2.70. The third-order valence-electron chi connectivity index (χ3n) is 3.80. The highest BCUT2D eigenvalue weighted by molar-refractivity contribution is 6.42. The SMILES string of the molecule is OCC1CCCC1CNCc1cccc(Cl)c1Cl. The van der Waals surface area contributed by atoms with Crippen molar-refractivity contribution < 1.29 is 5.11 Å². The maximum Gasteiger partial charge on any atom is 0.0637 e. The number of hydrogen-bond donors (Lipinski definition) is 2. The van der Waals surface area contributed by atoms with E-state index in [-0.39, 0.29) is 0 Å². The van der Waals surface area contributed by atoms with Gasteiger partial charge in [-0.1, -0.05) is 41.8 Å². The lowest BCUT2D eigenvalue weighted by Crippen LogP contribution is -2.26. The van der Waals surface area contributed by atoms with Crippen molar-refractivity contribution in [1.29, 1.82) is 0 Å². The fraction of sp³-hybridized carbons (Fsp3) is 0.571. The van der Waals surface area contributed by atoms with Crippen molar-refractivity contribution in [3.8, 4) is 0 Å². The van der Waals surface area contributed by atoms with Crippen molar-refractivity contribution in [3.63, 3.8) is 0 Å². The van der Waals surface area contributed by atoms with Crippen LogP contribution in [0.15, 0.2) is 18.2 Å². The lowest BCUT2D eigenvalue weighted by atomic mass is 9.97. The molecule has 1 saturated carbocycles. The van der Waals surface area contributed by atoms with Crippen LogP contribution in [0, 0.1) is 11.8 Å². The van der Waals surface area contributed by atoms with E-state index in [2.05, 4.69) is 5.32 Å². The van der Waals surface area contributed by atoms with E-state index in [1.165, 1.54) is 12.8 Å². The van der Waals surface area contributed by atoms with Gasteiger partial charge in [0, 0.05) is 13.2 Å². The molecule has 1 fully saturated rings. The van der Waals surface area contributed by atoms with Crippen molar-refractivity contribution in [3.05, 3.63) is 33.8 Å². The first-order valence-corrected chi connectivity index (χ1v) is 7.22. The number of aliphatic hydroxyl groups is 1. The largest absolute Gasteiger partial charge is 0.396 e. The molecule has 2 unspecified atom stereocenters. The third kappa shape index (κ3) is 3.39. The molecule has 2 rings (SSSR count). The summed E-state index contributed by atoms with van der Waals surface area (Å²) in [7, 11) is 0. The number of benzene rings is 1. The molecule has 18 heavy (non-hydrogen) atoms. The van der Waals surface area contributed by atoms with Gasteiger partial charge < -0.3 is 10.4 Å². The van der Waals surface area contributed by atoms with E-state index < -0.39 is 0 Å². The maximum atomic E-state index is 9.27. The Labute approximate surface area is 118 Å². The van der Waals surface area contributed by atoms with E-state index in [9.17, 15) is 5.11 Å². The molecule has 100 valence electrons. The van der Waals surface area contributed by atoms with E-state index in [1.54, 1.807) is 6.07 Å². The number of nitrogens with one attached hydrogen (secondary N) is 1. The molecule has 1 aliphatic carbocycles. The Hall–Kier alpha value is -0.280. The van der Waals surface area contributed by atoms with Gasteiger partial charge in [0.2, 0.25) is 0 Å². The molecule has 0 aliphatic heterocycles. The van der Waals surface area contributed by atoms with E-state index in [4.69, 9.17) is 23.2 Å². The molecule has 1 aromatic rings. The van der Waals surface area contributed by atoms with Gasteiger partial charge >= 0.3 is 0 Å². The predicted octanol–water partition coefficient (Wildman–Crippen LogP) is 3.49. The molecular formula is C14H19Cl2NO. The first kappa shape index (κ1) is 14.1. The second-order valence-electron chi connectivity index (χ2n) is 4.98. The van der Waals surface area contributed by atoms with E-state index in [1.807, 2.05) is 12.1 Å². The summed E-state index contributed by atoms with van der Waals surface area (Å²) in [6.07, 6.45) is 3.60. The Morgan fingerprint density at radius 1 is 1.22 bits per heavy atom. The summed E-state index contributed by atoms with van der Waals surface area (Å²) in [4.78, 5) is 0. The topological polar surface area (TPSA) is 32.3 Å². The van der Waals surface area contributed by atoms with Crippen LogP contribution >= 0.6 is 23.2 Å². The Morgan fingerprint density at radius 2 is 2.00 bits per heavy atom. The second kappa shape index (κ2) is 6.76. The molecule has 1 aliphatic rings. The normalized spacial score (nSPS) is 23.5. The molecule has 0 spiro atoms. The van der Waals surface area contributed by atoms with Gasteiger partial charge in [0.15, 0.2) is 0 Å². The quantitative estimate of drug-likeness (QED) is 0.869. The molecule has 4 heteroatoms. The van der Waals surface area contributed by atoms with Gasteiger partial charge in [0.1, 0.15) is 0 Å². The van der Waals surface area contributed by atoms with E-state index >= 15 is 0 Å². The van der Waals surface area contributed by atoms with Crippen LogP contribution < -0.4 is 5.32 Å². The summed E-state index contributed by atoms with van der Waals surface area (Å²) in [5.74, 6) is 1.06. The standard InChI is InChI=1S/C14H19Cl2NO/c15-13-6-2-4-11(14(13)16)8-17-7-10-3-1-5-12(10)9-18/h2,4,6,10,12,17-18H,1,3,5,7-9H2. The third-order valence-corrected chi connectivity index (χ3v) is 4.66. The zero-order valence-corrected chi connectivity index (χ0v) is 11.8. The fourth-order valence-corrected chi connectivity index (χ4v) is 3.09. The summed E-state index contributed by atoms with van der Waals surface area (Å²) < 4.78 is 0. The Balaban J connectivity index is 1.83. The van der Waals surface area contributed by atoms with E-state index in [0.29, 0.717) is 28.5 Å². The van der Waals surface area contributed by atoms with Crippen molar-refractivity contribution in [2.45, 2.75) is 25.8 Å². The van der Waals surface area contributed by atoms with Crippen LogP contribution in [-0.4, -0.2) is 18.3 Å². The smallest absolute Gasteiger partial charge is 0.0637 e. The van der Waals surface area contributed by atoms with Gasteiger partial charge in [-0.15, -0.1) is 0 Å². The lowest BCUT2D eigenvalue weighted by molar-refractivity contribution is 0.192. The van der Waals surface area contributed by atoms with Crippen LogP contribution in [0.25, 0.3) is 0 Å². The van der Waals surface area contributed by atoms with Crippen LogP contribution in [0.5, 0.6) is 0 Å². The Bertz CT molecular complexity index is 397. The number of halogens is 2. The van der Waals surface area contributed by atoms with Crippen molar-refractivity contribution in [2.24, 2.45) is 11.8 Å². The molecule has 0 amide bonds. The molecule has 0 aromatic heterocycles. The summed E-state index contributed by atoms with van der Waals surface area (Å²) in [6, 6.07) is 5.70. The summed E-state index contributed by atoms with van der Waals surface area (Å²) in [5.41, 5.74) is 1.03. The minimum atomic E-state index is 0.310. The van der Waals surface area contributed by atoms with Gasteiger partial charge in [0.25, 0.3) is 0 Å². The number of hydrogen-bond acceptors (Lipinski definition) is 2. The minimum Gasteiger partial charge on any atom is -0.396 e. The van der Waals surface area contributed by atoms with Crippen LogP contribution in [0.2, 0.25) is 10.0 Å². The summed E-state index contributed by atoms with van der Waals surface area (Å²) >= 11 is 12.1. The summed E-state index contributed by atoms with van der Waals surface area (Å²) in [6.45, 7) is 1.98. The van der Waals surface area contributed by atoms with Crippen LogP contribution in [0.4, 0.5) is 0 Å². The molecule has 2 N–H and O–H groups in total. The molecule has 0 heterocycles. The number of rotatable bonds is 5. The van der Waals surface area contributed by atoms with Crippen LogP contribution in [0.1, 0.15) is 24.8 Å². The lowest BCUT2D eigenvalue weighted by Gasteiger charge is -2.18. The highest BCUT2D eigenvalue weighted by Gasteiger charge is 2.25. The van der Waals surface area contributed by atoms with E-state index in [0.717, 1.165) is 25.1 Å². The molecule has 0 saturated heterocycles. The van der Waals surface area contributed by atoms with Gasteiger partial charge in [-0.05, 0) is 42.9 Å². The molecule has 0 bridgehead atoms. The van der Waals surface area contributed by atoms with Gasteiger partial charge in [-0.3, -0.25) is 0 Å². The molecule has 2 nitrogen and oxygen atoms in total. The van der Waals surface area contributed by atoms with Crippen molar-refractivity contribution in [1.82, 2.24) is 5.32 Å². The average molecular weight is 288 g/mol. The first-order chi connectivity index (χ1) is 8.72. The van der Waals surface area contributed by atoms with Gasteiger partial charge in [-0.2, -0.15) is 0 Å². The Kier molecular flexibility index (Phi) is 5.31. The molecule has 0 radical (unpaired) electrons. The number of aliphatic hydroxyl groups excluding tert-OH is 1. The highest BCUT2D eigenvalue weighted by Crippen LogP contribution is 2.31. The minimum absolute atomic E-state index is 0.310. The highest BCUT2D eigenvalue weighted by atomic mass is 35.5. The zero-order valence-electron chi connectivity index (χ0n) is 10.3. The van der Waals surface area contributed by atoms with Crippen LogP contribution in [0.3, 0.4) is 0 Å². The van der Waals surface area contributed by atoms with Crippen LogP contribution in [-0.2, 0) is 6.54 Å². The summed E-state index contributed by atoms with van der Waals surface area (Å²) in [5, 5.41) is 13.9. The van der Waals surface area contributed by atoms with Crippen molar-refractivity contribution >= 4 is 23.2 Å². The van der Waals surface area contributed by atoms with Crippen molar-refractivity contribution in [2.75, 3.05) is 13.2 Å². The monoisotopic (exact) mass is 287 g/mol. The molecule has 1 aromatic carbocycles. The zero-order chi connectivity index (χ0) is 13.0. The molecule has 2 atom stereocenters. The maximum absolute atomic E-state index is 9.27. The second-order valence-corrected chi connectivity index (χ2v) is 5.76. The first-order valence-electron chi connectivity index (χ1n) is 6.47. The predicted molar refractivity (Wildman–Crippen MR) is 76.1 cm³/mol. The van der Waals surface area contributed by atoms with Gasteiger partial charge in [0.05, 0.1) is 10.0 Å². The molecular weight excluding hydrogens is 269 g/mol. The van der Waals surface area contributed by atoms with Gasteiger partial charge in [-0.25, -0.2) is 0 Å².